The summed E-state index contributed by atoms with van der Waals surface area (Å²) in [5.74, 6) is -3.09. The zero-order valence-electron chi connectivity index (χ0n) is 34.9. The molecule has 2 fully saturated rings. The topological polar surface area (TPSA) is 129 Å². The molecule has 0 bridgehead atoms. The second-order valence-corrected chi connectivity index (χ2v) is 16.6. The molecule has 3 heterocycles. The number of benzene rings is 2. The van der Waals surface area contributed by atoms with Crippen LogP contribution in [-0.4, -0.2) is 43.6 Å². The molecule has 59 heavy (non-hydrogen) atoms. The third kappa shape index (κ3) is 14.1. The highest BCUT2D eigenvalue weighted by molar-refractivity contribution is 5.87. The van der Waals surface area contributed by atoms with E-state index in [1.165, 1.54) is 0 Å². The number of hydrogen-bond acceptors (Lipinski definition) is 5. The molecule has 5 aromatic rings. The Hall–Kier alpha value is -5.38. The van der Waals surface area contributed by atoms with Crippen molar-refractivity contribution in [1.82, 2.24) is 30.6 Å². The molecule has 0 saturated heterocycles. The summed E-state index contributed by atoms with van der Waals surface area (Å²) < 4.78 is 59.9. The lowest BCUT2D eigenvalue weighted by atomic mass is 9.86. The molecule has 2 aromatic carbocycles. The number of terminal acetylenes is 1. The zero-order chi connectivity index (χ0) is 43.3. The van der Waals surface area contributed by atoms with Gasteiger partial charge in [-0.1, -0.05) is 77.9 Å². The fourth-order valence-electron chi connectivity index (χ4n) is 6.59. The van der Waals surface area contributed by atoms with Crippen molar-refractivity contribution < 1.29 is 31.6 Å². The number of carbonyl (C=O) groups is 2. The first-order valence-corrected chi connectivity index (χ1v) is 20.3. The number of halogens is 4. The Labute approximate surface area is 345 Å². The standard InChI is InChI=1S/C36H36F4N6O3.2C4H10.C2H2/c37-35(38)11-7-23(8-12-35)33(47)43-19-31-41-17-27(45-31)21-1-3-22(4-2-21)29-16-26-6-5-25(15-30(26)49-29)28-18-42-32(46-28)20-44-34(48)24-9-13-36(39,40)14-10-24;2*1-4(2)3;1-2/h1-6,15-18,23-24H,7-14,19-20H2,(H,41,45)(H,42,46)(H,43,47)(H,44,48);2*4H,1-3H3;1-2H. The minimum absolute atomic E-state index is 0.178. The lowest BCUT2D eigenvalue weighted by molar-refractivity contribution is -0.130. The second-order valence-electron chi connectivity index (χ2n) is 16.6. The monoisotopic (exact) mass is 818 g/mol. The summed E-state index contributed by atoms with van der Waals surface area (Å²) in [5, 5.41) is 6.55. The summed E-state index contributed by atoms with van der Waals surface area (Å²) in [6.45, 7) is 13.4. The van der Waals surface area contributed by atoms with Gasteiger partial charge in [0.25, 0.3) is 0 Å². The molecule has 318 valence electrons. The number of furan rings is 1. The molecule has 3 aromatic heterocycles. The lowest BCUT2D eigenvalue weighted by Crippen LogP contribution is -2.35. The first-order valence-electron chi connectivity index (χ1n) is 20.3. The Balaban J connectivity index is 0.000000698. The minimum atomic E-state index is -2.67. The average Bonchev–Trinajstić information content (AvgIpc) is 3.97. The number of nitrogens with one attached hydrogen (secondary N) is 4. The number of H-pyrrole nitrogens is 2. The average molecular weight is 819 g/mol. The maximum absolute atomic E-state index is 13.4. The summed E-state index contributed by atoms with van der Waals surface area (Å²) >= 11 is 0. The normalized spacial score (nSPS) is 16.2. The lowest BCUT2D eigenvalue weighted by Gasteiger charge is -2.27. The Morgan fingerprint density at radius 2 is 1.07 bits per heavy atom. The molecule has 4 N–H and O–H groups in total. The van der Waals surface area contributed by atoms with Crippen LogP contribution in [0.3, 0.4) is 0 Å². The number of aromatic amines is 2. The van der Waals surface area contributed by atoms with Gasteiger partial charge in [0.15, 0.2) is 0 Å². The summed E-state index contributed by atoms with van der Waals surface area (Å²) in [5.41, 5.74) is 4.86. The second kappa shape index (κ2) is 21.0. The molecule has 13 heteroatoms. The van der Waals surface area contributed by atoms with Crippen molar-refractivity contribution in [2.75, 3.05) is 0 Å². The van der Waals surface area contributed by atoms with E-state index in [9.17, 15) is 27.2 Å². The van der Waals surface area contributed by atoms with Gasteiger partial charge in [0, 0.05) is 54.0 Å². The van der Waals surface area contributed by atoms with Gasteiger partial charge in [-0.25, -0.2) is 27.5 Å². The van der Waals surface area contributed by atoms with E-state index in [-0.39, 0.29) is 76.3 Å². The van der Waals surface area contributed by atoms with Crippen LogP contribution in [0.15, 0.2) is 65.3 Å². The molecule has 2 amide bonds. The molecule has 0 spiro atoms. The van der Waals surface area contributed by atoms with Gasteiger partial charge in [-0.3, -0.25) is 9.59 Å². The van der Waals surface area contributed by atoms with Gasteiger partial charge in [-0.2, -0.15) is 0 Å². The number of fused-ring (bicyclic) bond motifs is 1. The van der Waals surface area contributed by atoms with Crippen LogP contribution in [0.5, 0.6) is 0 Å². The number of amides is 2. The molecule has 0 atom stereocenters. The molecule has 2 saturated carbocycles. The summed E-state index contributed by atoms with van der Waals surface area (Å²) in [6, 6.07) is 15.6. The first-order chi connectivity index (χ1) is 28.0. The highest BCUT2D eigenvalue weighted by Crippen LogP contribution is 2.37. The molecule has 2 aliphatic carbocycles. The van der Waals surface area contributed by atoms with Gasteiger partial charge in [0.05, 0.1) is 36.9 Å². The third-order valence-corrected chi connectivity index (χ3v) is 9.60. The van der Waals surface area contributed by atoms with Crippen molar-refractivity contribution in [3.8, 4) is 46.7 Å². The van der Waals surface area contributed by atoms with E-state index in [0.29, 0.717) is 23.0 Å². The van der Waals surface area contributed by atoms with Crippen LogP contribution < -0.4 is 10.6 Å². The number of hydrogen-bond donors (Lipinski definition) is 4. The molecule has 0 unspecified atom stereocenters. The number of rotatable bonds is 9. The Morgan fingerprint density at radius 1 is 0.678 bits per heavy atom. The molecule has 7 rings (SSSR count). The maximum Gasteiger partial charge on any atom is 0.248 e. The minimum Gasteiger partial charge on any atom is -0.456 e. The van der Waals surface area contributed by atoms with Crippen molar-refractivity contribution >= 4 is 22.8 Å². The van der Waals surface area contributed by atoms with E-state index in [4.69, 9.17) is 4.42 Å². The van der Waals surface area contributed by atoms with Crippen LogP contribution in [0.4, 0.5) is 17.6 Å². The third-order valence-electron chi connectivity index (χ3n) is 9.60. The van der Waals surface area contributed by atoms with Crippen molar-refractivity contribution in [3.63, 3.8) is 0 Å². The van der Waals surface area contributed by atoms with E-state index < -0.39 is 23.7 Å². The van der Waals surface area contributed by atoms with Gasteiger partial charge >= 0.3 is 0 Å². The van der Waals surface area contributed by atoms with Crippen molar-refractivity contribution in [1.29, 1.82) is 0 Å². The van der Waals surface area contributed by atoms with Crippen molar-refractivity contribution in [3.05, 3.63) is 72.6 Å². The van der Waals surface area contributed by atoms with Crippen molar-refractivity contribution in [2.45, 2.75) is 118 Å². The Morgan fingerprint density at radius 3 is 1.51 bits per heavy atom. The van der Waals surface area contributed by atoms with E-state index in [0.717, 1.165) is 45.3 Å². The Bertz CT molecular complexity index is 2080. The van der Waals surface area contributed by atoms with Crippen LogP contribution in [0.2, 0.25) is 0 Å². The van der Waals surface area contributed by atoms with E-state index in [1.807, 2.05) is 48.5 Å². The largest absolute Gasteiger partial charge is 0.456 e. The number of carbonyl (C=O) groups excluding carboxylic acids is 2. The quantitative estimate of drug-likeness (QED) is 0.0869. The molecule has 0 aliphatic heterocycles. The molecule has 0 radical (unpaired) electrons. The SMILES string of the molecule is C#C.CC(C)C.CC(C)C.O=C(NCc1ncc(-c2ccc(-c3cc4ccc(-c5cnc(CNC(=O)C6CCC(F)(F)CC6)[nH]5)cc4o3)cc2)[nH]1)C1CCC(F)(F)CC1. The fraction of sp³-hybridized carbons (Fsp3) is 0.478. The van der Waals surface area contributed by atoms with Gasteiger partial charge in [-0.15, -0.1) is 12.8 Å². The summed E-state index contributed by atoms with van der Waals surface area (Å²) in [7, 11) is 0. The highest BCUT2D eigenvalue weighted by Gasteiger charge is 2.38. The van der Waals surface area contributed by atoms with E-state index in [2.05, 4.69) is 85.0 Å². The van der Waals surface area contributed by atoms with Crippen LogP contribution in [-0.2, 0) is 22.7 Å². The van der Waals surface area contributed by atoms with Crippen LogP contribution in [0, 0.1) is 36.5 Å². The predicted molar refractivity (Wildman–Crippen MR) is 225 cm³/mol. The molecule has 9 nitrogen and oxygen atoms in total. The number of nitrogens with zero attached hydrogens (tertiary/aromatic N) is 2. The predicted octanol–water partition coefficient (Wildman–Crippen LogP) is 11.3. The summed E-state index contributed by atoms with van der Waals surface area (Å²) in [6.07, 6.45) is 11.1. The Kier molecular flexibility index (Phi) is 16.5. The number of alkyl halides is 4. The van der Waals surface area contributed by atoms with E-state index >= 15 is 0 Å². The van der Waals surface area contributed by atoms with E-state index in [1.54, 1.807) is 12.4 Å². The first kappa shape index (κ1) is 46.3. The smallest absolute Gasteiger partial charge is 0.248 e. The van der Waals surface area contributed by atoms with Crippen LogP contribution >= 0.6 is 0 Å². The van der Waals surface area contributed by atoms with Gasteiger partial charge in [0.2, 0.25) is 23.7 Å². The highest BCUT2D eigenvalue weighted by atomic mass is 19.3. The van der Waals surface area contributed by atoms with Gasteiger partial charge < -0.3 is 25.0 Å². The molecule has 2 aliphatic rings. The van der Waals surface area contributed by atoms with Crippen molar-refractivity contribution in [2.24, 2.45) is 23.7 Å². The maximum atomic E-state index is 13.4. The fourth-order valence-corrected chi connectivity index (χ4v) is 6.59. The zero-order valence-corrected chi connectivity index (χ0v) is 34.9. The number of imidazole rings is 2. The van der Waals surface area contributed by atoms with Crippen LogP contribution in [0.25, 0.3) is 44.8 Å². The molecular weight excluding hydrogens is 761 g/mol. The van der Waals surface area contributed by atoms with Crippen LogP contribution in [0.1, 0.15) is 105 Å². The number of aromatic nitrogens is 4. The molecular formula is C46H58F4N6O3. The van der Waals surface area contributed by atoms with Gasteiger partial charge in [-0.05, 0) is 55.2 Å². The summed E-state index contributed by atoms with van der Waals surface area (Å²) in [4.78, 5) is 40.1. The van der Waals surface area contributed by atoms with Gasteiger partial charge in [0.1, 0.15) is 23.0 Å².